The van der Waals surface area contributed by atoms with Gasteiger partial charge in [-0.05, 0) is 70.9 Å². The number of carbonyl (C=O) groups is 1. The van der Waals surface area contributed by atoms with Crippen molar-refractivity contribution >= 4 is 54.6 Å². The van der Waals surface area contributed by atoms with E-state index in [0.717, 1.165) is 14.5 Å². The van der Waals surface area contributed by atoms with E-state index in [-0.39, 0.29) is 12.5 Å². The van der Waals surface area contributed by atoms with Crippen molar-refractivity contribution in [2.45, 2.75) is 6.92 Å². The molecule has 1 heterocycles. The molecule has 0 radical (unpaired) electrons. The summed E-state index contributed by atoms with van der Waals surface area (Å²) in [5.41, 5.74) is 3.28. The lowest BCUT2D eigenvalue weighted by atomic mass is 10.2. The molecule has 0 saturated carbocycles. The van der Waals surface area contributed by atoms with Crippen LogP contribution in [0.5, 0.6) is 23.0 Å². The molecule has 0 unspecified atom stereocenters. The highest BCUT2D eigenvalue weighted by Crippen LogP contribution is 2.41. The Kier molecular flexibility index (Phi) is 7.51. The third-order valence-electron chi connectivity index (χ3n) is 5.12. The van der Waals surface area contributed by atoms with Gasteiger partial charge in [-0.2, -0.15) is 0 Å². The number of hydrogen-bond donors (Lipinski definition) is 1. The molecular weight excluding hydrogens is 584 g/mol. The predicted octanol–water partition coefficient (Wildman–Crippen LogP) is 6.37. The van der Waals surface area contributed by atoms with Gasteiger partial charge in [0, 0.05) is 15.7 Å². The monoisotopic (exact) mass is 604 g/mol. The van der Waals surface area contributed by atoms with Crippen LogP contribution in [0.4, 0.5) is 5.69 Å². The summed E-state index contributed by atoms with van der Waals surface area (Å²) < 4.78 is 29.5. The van der Waals surface area contributed by atoms with Gasteiger partial charge in [-0.15, -0.1) is 0 Å². The number of aryl methyl sites for hydroxylation is 1. The van der Waals surface area contributed by atoms with Gasteiger partial charge in [0.05, 0.1) is 25.8 Å². The molecule has 0 atom stereocenters. The van der Waals surface area contributed by atoms with E-state index in [9.17, 15) is 4.79 Å². The number of aromatic nitrogens is 1. The number of hydrogen-bond acceptors (Lipinski definition) is 7. The zero-order valence-electron chi connectivity index (χ0n) is 19.4. The number of oxazole rings is 1. The number of fused-ring (bicyclic) bond motifs is 1. The van der Waals surface area contributed by atoms with Crippen molar-refractivity contribution in [1.29, 1.82) is 0 Å². The van der Waals surface area contributed by atoms with Gasteiger partial charge < -0.3 is 28.7 Å². The number of rotatable bonds is 8. The van der Waals surface area contributed by atoms with Crippen molar-refractivity contribution < 1.29 is 28.2 Å². The van der Waals surface area contributed by atoms with Crippen molar-refractivity contribution in [1.82, 2.24) is 4.98 Å². The van der Waals surface area contributed by atoms with E-state index < -0.39 is 0 Å². The summed E-state index contributed by atoms with van der Waals surface area (Å²) in [6.07, 6.45) is 0. The summed E-state index contributed by atoms with van der Waals surface area (Å²) in [6.45, 7) is 1.77. The van der Waals surface area contributed by atoms with E-state index in [0.29, 0.717) is 51.2 Å². The van der Waals surface area contributed by atoms with E-state index in [1.54, 1.807) is 51.7 Å². The fraction of sp³-hybridized carbons (Fsp3) is 0.200. The largest absolute Gasteiger partial charge is 0.493 e. The maximum Gasteiger partial charge on any atom is 0.262 e. The van der Waals surface area contributed by atoms with E-state index >= 15 is 0 Å². The topological polar surface area (TPSA) is 92.1 Å². The average molecular weight is 606 g/mol. The zero-order valence-corrected chi connectivity index (χ0v) is 22.6. The highest BCUT2D eigenvalue weighted by Gasteiger charge is 2.18. The molecule has 0 fully saturated rings. The number of amides is 1. The Morgan fingerprint density at radius 3 is 2.31 bits per heavy atom. The molecule has 0 aliphatic rings. The highest BCUT2D eigenvalue weighted by atomic mass is 79.9. The molecule has 35 heavy (non-hydrogen) atoms. The van der Waals surface area contributed by atoms with Crippen molar-refractivity contribution in [3.63, 3.8) is 0 Å². The number of halogens is 2. The maximum absolute atomic E-state index is 12.5. The first-order valence-electron chi connectivity index (χ1n) is 10.4. The number of benzene rings is 3. The van der Waals surface area contributed by atoms with Gasteiger partial charge in [0.2, 0.25) is 11.6 Å². The summed E-state index contributed by atoms with van der Waals surface area (Å²) in [5, 5.41) is 2.83. The lowest BCUT2D eigenvalue weighted by Crippen LogP contribution is -2.20. The van der Waals surface area contributed by atoms with Crippen LogP contribution in [0.3, 0.4) is 0 Å². The standard InChI is InChI=1S/C25H22Br2N2O6/c1-13-7-15(26)10-17(27)23(13)34-12-22(30)28-16-5-6-19-18(11-16)29-25(35-19)14-8-20(31-2)24(33-4)21(9-14)32-3/h5-11H,12H2,1-4H3,(H,28,30). The number of nitrogens with one attached hydrogen (secondary N) is 1. The van der Waals surface area contributed by atoms with E-state index in [4.69, 9.17) is 23.4 Å². The average Bonchev–Trinajstić information content (AvgIpc) is 3.25. The third-order valence-corrected chi connectivity index (χ3v) is 6.17. The first-order chi connectivity index (χ1) is 16.8. The molecule has 4 aromatic rings. The fourth-order valence-electron chi connectivity index (χ4n) is 3.54. The minimum Gasteiger partial charge on any atom is -0.493 e. The molecule has 0 bridgehead atoms. The Balaban J connectivity index is 1.52. The van der Waals surface area contributed by atoms with Crippen LogP contribution in [0, 0.1) is 6.92 Å². The van der Waals surface area contributed by atoms with Crippen molar-refractivity contribution in [2.75, 3.05) is 33.3 Å². The minimum atomic E-state index is -0.299. The molecule has 0 aliphatic carbocycles. The molecule has 0 spiro atoms. The van der Waals surface area contributed by atoms with Gasteiger partial charge in [0.1, 0.15) is 11.3 Å². The van der Waals surface area contributed by atoms with Crippen LogP contribution in [-0.2, 0) is 4.79 Å². The second kappa shape index (κ2) is 10.6. The maximum atomic E-state index is 12.5. The number of ether oxygens (including phenoxy) is 4. The Morgan fingerprint density at radius 1 is 0.971 bits per heavy atom. The first-order valence-corrected chi connectivity index (χ1v) is 12.0. The quantitative estimate of drug-likeness (QED) is 0.249. The van der Waals surface area contributed by atoms with Crippen LogP contribution in [0.25, 0.3) is 22.6 Å². The Bertz CT molecular complexity index is 1350. The van der Waals surface area contributed by atoms with Gasteiger partial charge in [0.15, 0.2) is 23.7 Å². The molecule has 10 heteroatoms. The summed E-state index contributed by atoms with van der Waals surface area (Å²) in [6, 6.07) is 12.5. The van der Waals surface area contributed by atoms with Crippen molar-refractivity contribution in [3.05, 3.63) is 57.0 Å². The molecule has 0 saturated heterocycles. The SMILES string of the molecule is COc1cc(-c2nc3cc(NC(=O)COc4c(C)cc(Br)cc4Br)ccc3o2)cc(OC)c1OC. The number of nitrogens with zero attached hydrogens (tertiary/aromatic N) is 1. The second-order valence-corrected chi connectivity index (χ2v) is 9.26. The Morgan fingerprint density at radius 2 is 1.69 bits per heavy atom. The Labute approximate surface area is 218 Å². The molecule has 8 nitrogen and oxygen atoms in total. The van der Waals surface area contributed by atoms with Crippen LogP contribution in [0.2, 0.25) is 0 Å². The Hall–Kier alpha value is -3.24. The van der Waals surface area contributed by atoms with Gasteiger partial charge in [-0.3, -0.25) is 4.79 Å². The van der Waals surface area contributed by atoms with E-state index in [1.807, 2.05) is 19.1 Å². The number of carbonyl (C=O) groups excluding carboxylic acids is 1. The van der Waals surface area contributed by atoms with E-state index in [2.05, 4.69) is 42.2 Å². The molecule has 3 aromatic carbocycles. The van der Waals surface area contributed by atoms with Crippen LogP contribution in [0.15, 0.2) is 55.8 Å². The van der Waals surface area contributed by atoms with Crippen LogP contribution in [-0.4, -0.2) is 38.8 Å². The van der Waals surface area contributed by atoms with Crippen molar-refractivity contribution in [3.8, 4) is 34.5 Å². The van der Waals surface area contributed by atoms with Gasteiger partial charge in [0.25, 0.3) is 5.91 Å². The lowest BCUT2D eigenvalue weighted by Gasteiger charge is -2.12. The molecule has 1 amide bonds. The molecule has 1 N–H and O–H groups in total. The minimum absolute atomic E-state index is 0.144. The normalized spacial score (nSPS) is 10.8. The molecular formula is C25H22Br2N2O6. The smallest absolute Gasteiger partial charge is 0.262 e. The predicted molar refractivity (Wildman–Crippen MR) is 140 cm³/mol. The zero-order chi connectivity index (χ0) is 25.1. The number of anilines is 1. The van der Waals surface area contributed by atoms with Crippen LogP contribution >= 0.6 is 31.9 Å². The molecule has 1 aromatic heterocycles. The first kappa shape index (κ1) is 24.9. The molecule has 4 rings (SSSR count). The van der Waals surface area contributed by atoms with Crippen molar-refractivity contribution in [2.24, 2.45) is 0 Å². The molecule has 182 valence electrons. The number of methoxy groups -OCH3 is 3. The van der Waals surface area contributed by atoms with Gasteiger partial charge >= 0.3 is 0 Å². The van der Waals surface area contributed by atoms with Gasteiger partial charge in [-0.25, -0.2) is 4.98 Å². The molecule has 0 aliphatic heterocycles. The summed E-state index contributed by atoms with van der Waals surface area (Å²) in [7, 11) is 4.63. The second-order valence-electron chi connectivity index (χ2n) is 7.49. The van der Waals surface area contributed by atoms with Crippen LogP contribution < -0.4 is 24.3 Å². The lowest BCUT2D eigenvalue weighted by molar-refractivity contribution is -0.118. The summed E-state index contributed by atoms with van der Waals surface area (Å²) in [5.74, 6) is 2.15. The van der Waals surface area contributed by atoms with Crippen LogP contribution in [0.1, 0.15) is 5.56 Å². The summed E-state index contributed by atoms with van der Waals surface area (Å²) in [4.78, 5) is 17.1. The van der Waals surface area contributed by atoms with E-state index in [1.165, 1.54) is 0 Å². The fourth-order valence-corrected chi connectivity index (χ4v) is 5.09. The van der Waals surface area contributed by atoms with Gasteiger partial charge in [-0.1, -0.05) is 15.9 Å². The summed E-state index contributed by atoms with van der Waals surface area (Å²) >= 11 is 6.89. The third kappa shape index (κ3) is 5.38. The highest BCUT2D eigenvalue weighted by molar-refractivity contribution is 9.11.